The van der Waals surface area contributed by atoms with Crippen molar-refractivity contribution in [1.29, 1.82) is 0 Å². The first kappa shape index (κ1) is 22.3. The van der Waals surface area contributed by atoms with E-state index in [1.54, 1.807) is 26.1 Å². The van der Waals surface area contributed by atoms with Crippen LogP contribution in [-0.2, 0) is 6.54 Å². The van der Waals surface area contributed by atoms with E-state index < -0.39 is 23.9 Å². The fourth-order valence-corrected chi connectivity index (χ4v) is 3.25. The average molecular weight is 460 g/mol. The Balaban J connectivity index is 1.78. The van der Waals surface area contributed by atoms with Gasteiger partial charge in [0.1, 0.15) is 22.8 Å². The number of aromatic nitrogens is 5. The van der Waals surface area contributed by atoms with Gasteiger partial charge in [0.05, 0.1) is 24.0 Å². The smallest absolute Gasteiger partial charge is 0.387 e. The molecular weight excluding hydrogens is 441 g/mol. The predicted octanol–water partition coefficient (Wildman–Crippen LogP) is 3.36. The molecular formula is C21H19F3N6O3. The van der Waals surface area contributed by atoms with Crippen LogP contribution in [0.4, 0.5) is 18.9 Å². The predicted molar refractivity (Wildman–Crippen MR) is 111 cm³/mol. The molecule has 172 valence electrons. The number of aliphatic hydroxyl groups is 1. The third-order valence-corrected chi connectivity index (χ3v) is 4.50. The Bertz CT molecular complexity index is 1310. The van der Waals surface area contributed by atoms with E-state index in [-0.39, 0.29) is 34.8 Å². The summed E-state index contributed by atoms with van der Waals surface area (Å²) in [5.41, 5.74) is -0.760. The van der Waals surface area contributed by atoms with E-state index in [1.165, 1.54) is 27.8 Å². The van der Waals surface area contributed by atoms with Gasteiger partial charge in [-0.3, -0.25) is 9.48 Å². The summed E-state index contributed by atoms with van der Waals surface area (Å²) in [6.45, 7) is -0.0556. The number of carbonyl (C=O) groups excluding carboxylic acids is 1. The van der Waals surface area contributed by atoms with Crippen LogP contribution in [0.3, 0.4) is 0 Å². The maximum Gasteiger partial charge on any atom is 0.387 e. The number of ether oxygens (including phenoxy) is 1. The van der Waals surface area contributed by atoms with Gasteiger partial charge in [-0.1, -0.05) is 0 Å². The quantitative estimate of drug-likeness (QED) is 0.438. The summed E-state index contributed by atoms with van der Waals surface area (Å²) in [4.78, 5) is 17.1. The molecule has 9 nitrogen and oxygen atoms in total. The standard InChI is InChI=1S/C21H19F3N6O3/c1-21(2,32)11-29-10-15(27-19(31)14-9-26-30-7-3-6-25-18(14)30)17(28-29)13-8-12(22)4-5-16(13)33-20(23)24/h3-10,20,32H,11H2,1-2H3,(H,27,31). The molecule has 0 unspecified atom stereocenters. The highest BCUT2D eigenvalue weighted by molar-refractivity contribution is 6.09. The number of halogens is 3. The van der Waals surface area contributed by atoms with Gasteiger partial charge in [0.2, 0.25) is 0 Å². The van der Waals surface area contributed by atoms with Crippen LogP contribution in [0.1, 0.15) is 24.2 Å². The third-order valence-electron chi connectivity index (χ3n) is 4.50. The Hall–Kier alpha value is -3.93. The number of carbonyl (C=O) groups is 1. The first-order chi connectivity index (χ1) is 15.6. The number of fused-ring (bicyclic) bond motifs is 1. The number of rotatable bonds is 7. The lowest BCUT2D eigenvalue weighted by Gasteiger charge is -2.16. The summed E-state index contributed by atoms with van der Waals surface area (Å²) in [6, 6.07) is 4.64. The first-order valence-electron chi connectivity index (χ1n) is 9.75. The Morgan fingerprint density at radius 3 is 2.85 bits per heavy atom. The van der Waals surface area contributed by atoms with Gasteiger partial charge in [0.15, 0.2) is 5.65 Å². The molecule has 0 spiro atoms. The zero-order valence-corrected chi connectivity index (χ0v) is 17.5. The Morgan fingerprint density at radius 1 is 1.33 bits per heavy atom. The molecule has 0 aliphatic carbocycles. The second kappa shape index (κ2) is 8.54. The van der Waals surface area contributed by atoms with E-state index in [4.69, 9.17) is 0 Å². The number of nitrogens with zero attached hydrogens (tertiary/aromatic N) is 5. The van der Waals surface area contributed by atoms with Gasteiger partial charge in [-0.15, -0.1) is 0 Å². The molecule has 0 atom stereocenters. The van der Waals surface area contributed by atoms with Crippen LogP contribution in [0.25, 0.3) is 16.9 Å². The van der Waals surface area contributed by atoms with E-state index in [2.05, 4.69) is 25.2 Å². The monoisotopic (exact) mass is 460 g/mol. The van der Waals surface area contributed by atoms with Gasteiger partial charge in [-0.2, -0.15) is 19.0 Å². The van der Waals surface area contributed by atoms with E-state index in [0.717, 1.165) is 18.2 Å². The summed E-state index contributed by atoms with van der Waals surface area (Å²) in [5.74, 6) is -1.64. The van der Waals surface area contributed by atoms with Gasteiger partial charge >= 0.3 is 6.61 Å². The van der Waals surface area contributed by atoms with Crippen LogP contribution in [0.5, 0.6) is 5.75 Å². The molecule has 12 heteroatoms. The van der Waals surface area contributed by atoms with Crippen molar-refractivity contribution >= 4 is 17.2 Å². The molecule has 33 heavy (non-hydrogen) atoms. The van der Waals surface area contributed by atoms with Gasteiger partial charge in [0.25, 0.3) is 5.91 Å². The summed E-state index contributed by atoms with van der Waals surface area (Å²) in [6.07, 6.45) is 5.85. The van der Waals surface area contributed by atoms with E-state index >= 15 is 0 Å². The molecule has 3 heterocycles. The number of hydrogen-bond acceptors (Lipinski definition) is 6. The molecule has 0 aliphatic heterocycles. The number of hydrogen-bond donors (Lipinski definition) is 2. The molecule has 0 fully saturated rings. The van der Waals surface area contributed by atoms with E-state index in [9.17, 15) is 23.1 Å². The maximum absolute atomic E-state index is 14.0. The van der Waals surface area contributed by atoms with Crippen LogP contribution >= 0.6 is 0 Å². The molecule has 0 saturated carbocycles. The number of benzene rings is 1. The Kier molecular flexibility index (Phi) is 5.77. The topological polar surface area (TPSA) is 107 Å². The molecule has 2 N–H and O–H groups in total. The van der Waals surface area contributed by atoms with Gasteiger partial charge < -0.3 is 15.2 Å². The fourth-order valence-electron chi connectivity index (χ4n) is 3.25. The van der Waals surface area contributed by atoms with Crippen molar-refractivity contribution in [1.82, 2.24) is 24.4 Å². The molecule has 4 rings (SSSR count). The van der Waals surface area contributed by atoms with Crippen molar-refractivity contribution in [3.63, 3.8) is 0 Å². The summed E-state index contributed by atoms with van der Waals surface area (Å²) < 4.78 is 47.1. The van der Waals surface area contributed by atoms with Crippen molar-refractivity contribution in [2.75, 3.05) is 5.32 Å². The van der Waals surface area contributed by atoms with Gasteiger partial charge in [-0.05, 0) is 38.1 Å². The Labute approximate surface area is 185 Å². The molecule has 1 amide bonds. The number of anilines is 1. The summed E-state index contributed by atoms with van der Waals surface area (Å²) in [5, 5.41) is 21.2. The van der Waals surface area contributed by atoms with Crippen LogP contribution in [0, 0.1) is 5.82 Å². The SMILES string of the molecule is CC(C)(O)Cn1cc(NC(=O)c2cnn3cccnc23)c(-c2cc(F)ccc2OC(F)F)n1. The largest absolute Gasteiger partial charge is 0.434 e. The number of alkyl halides is 2. The molecule has 0 aliphatic rings. The second-order valence-corrected chi connectivity index (χ2v) is 7.82. The molecule has 1 aromatic carbocycles. The van der Waals surface area contributed by atoms with Gasteiger partial charge in [-0.25, -0.2) is 13.9 Å². The van der Waals surface area contributed by atoms with Crippen molar-refractivity contribution in [3.8, 4) is 17.0 Å². The molecule has 3 aromatic heterocycles. The number of amides is 1. The van der Waals surface area contributed by atoms with Crippen LogP contribution in [-0.4, -0.2) is 47.6 Å². The summed E-state index contributed by atoms with van der Waals surface area (Å²) in [7, 11) is 0. The van der Waals surface area contributed by atoms with E-state index in [1.807, 2.05) is 0 Å². The first-order valence-corrected chi connectivity index (χ1v) is 9.75. The Morgan fingerprint density at radius 2 is 2.12 bits per heavy atom. The molecule has 0 bridgehead atoms. The van der Waals surface area contributed by atoms with Crippen molar-refractivity contribution < 1.29 is 27.8 Å². The summed E-state index contributed by atoms with van der Waals surface area (Å²) >= 11 is 0. The average Bonchev–Trinajstić information content (AvgIpc) is 3.31. The highest BCUT2D eigenvalue weighted by Crippen LogP contribution is 2.36. The highest BCUT2D eigenvalue weighted by Gasteiger charge is 2.24. The minimum atomic E-state index is -3.16. The zero-order valence-electron chi connectivity index (χ0n) is 17.5. The fraction of sp³-hybridized carbons (Fsp3) is 0.238. The normalized spacial score (nSPS) is 11.8. The van der Waals surface area contributed by atoms with Gasteiger partial charge in [0, 0.05) is 24.2 Å². The maximum atomic E-state index is 14.0. The molecule has 4 aromatic rings. The molecule has 0 saturated heterocycles. The highest BCUT2D eigenvalue weighted by atomic mass is 19.3. The van der Waals surface area contributed by atoms with Crippen LogP contribution < -0.4 is 10.1 Å². The number of nitrogens with one attached hydrogen (secondary N) is 1. The zero-order chi connectivity index (χ0) is 23.8. The second-order valence-electron chi connectivity index (χ2n) is 7.82. The lowest BCUT2D eigenvalue weighted by Crippen LogP contribution is -2.26. The van der Waals surface area contributed by atoms with Crippen LogP contribution in [0.15, 0.2) is 49.1 Å². The molecule has 0 radical (unpaired) electrons. The van der Waals surface area contributed by atoms with Crippen molar-refractivity contribution in [3.05, 3.63) is 60.4 Å². The van der Waals surface area contributed by atoms with Crippen LogP contribution in [0.2, 0.25) is 0 Å². The minimum Gasteiger partial charge on any atom is -0.434 e. The minimum absolute atomic E-state index is 0.00843. The third kappa shape index (κ3) is 4.95. The van der Waals surface area contributed by atoms with Crippen molar-refractivity contribution in [2.45, 2.75) is 32.6 Å². The van der Waals surface area contributed by atoms with Crippen molar-refractivity contribution in [2.24, 2.45) is 0 Å². The lowest BCUT2D eigenvalue weighted by atomic mass is 10.1. The van der Waals surface area contributed by atoms with E-state index in [0.29, 0.717) is 5.65 Å². The lowest BCUT2D eigenvalue weighted by molar-refractivity contribution is -0.0495.